The molecule has 1 aliphatic carbocycles. The number of para-hydroxylation sites is 1. The van der Waals surface area contributed by atoms with Crippen LogP contribution in [0, 0.1) is 0 Å². The largest absolute Gasteiger partial charge is 0.493 e. The smallest absolute Gasteiger partial charge is 0.153 e. The predicted molar refractivity (Wildman–Crippen MR) is 74.0 cm³/mol. The Balaban J connectivity index is 2.50. The molecule has 0 spiro atoms. The molecular formula is C14H20O4S. The average molecular weight is 284 g/mol. The maximum Gasteiger partial charge on any atom is 0.153 e. The topological polar surface area (TPSA) is 63.6 Å². The molecule has 106 valence electrons. The van der Waals surface area contributed by atoms with Gasteiger partial charge in [-0.2, -0.15) is 0 Å². The molecule has 2 atom stereocenters. The molecule has 1 aliphatic rings. The van der Waals surface area contributed by atoms with Crippen LogP contribution in [0.2, 0.25) is 0 Å². The molecule has 2 rings (SSSR count). The van der Waals surface area contributed by atoms with Crippen LogP contribution in [0.3, 0.4) is 0 Å². The van der Waals surface area contributed by atoms with Gasteiger partial charge < -0.3 is 9.84 Å². The number of hydrogen-bond donors (Lipinski definition) is 1. The zero-order chi connectivity index (χ0) is 14.1. The van der Waals surface area contributed by atoms with E-state index < -0.39 is 20.7 Å². The van der Waals surface area contributed by atoms with Crippen LogP contribution in [0.15, 0.2) is 24.3 Å². The molecule has 0 saturated heterocycles. The molecule has 0 bridgehead atoms. The van der Waals surface area contributed by atoms with Gasteiger partial charge in [0.1, 0.15) is 11.4 Å². The van der Waals surface area contributed by atoms with Crippen molar-refractivity contribution in [2.75, 3.05) is 12.9 Å². The van der Waals surface area contributed by atoms with E-state index in [9.17, 15) is 13.5 Å². The van der Waals surface area contributed by atoms with E-state index in [1.165, 1.54) is 6.26 Å². The SMILES string of the molecule is CCOc1ccccc1C1(O)CCCC1S(C)(=O)=O. The zero-order valence-electron chi connectivity index (χ0n) is 11.3. The number of aliphatic hydroxyl groups is 1. The standard InChI is InChI=1S/C14H20O4S/c1-3-18-12-8-5-4-7-11(12)14(15)10-6-9-13(14)19(2,16)17/h4-5,7-8,13,15H,3,6,9-10H2,1-2H3. The summed E-state index contributed by atoms with van der Waals surface area (Å²) in [6.07, 6.45) is 2.84. The molecule has 1 fully saturated rings. The van der Waals surface area contributed by atoms with E-state index in [1.807, 2.05) is 13.0 Å². The van der Waals surface area contributed by atoms with Crippen molar-refractivity contribution in [1.29, 1.82) is 0 Å². The molecule has 2 unspecified atom stereocenters. The Hall–Kier alpha value is -1.07. The van der Waals surface area contributed by atoms with E-state index in [0.29, 0.717) is 37.2 Å². The molecule has 1 aromatic carbocycles. The molecule has 1 N–H and O–H groups in total. The molecule has 4 nitrogen and oxygen atoms in total. The molecule has 0 amide bonds. The molecule has 5 heteroatoms. The van der Waals surface area contributed by atoms with Gasteiger partial charge in [0, 0.05) is 11.8 Å². The summed E-state index contributed by atoms with van der Waals surface area (Å²) in [5.41, 5.74) is -0.746. The third-order valence-corrected chi connectivity index (χ3v) is 5.39. The lowest BCUT2D eigenvalue weighted by molar-refractivity contribution is 0.0446. The van der Waals surface area contributed by atoms with Crippen molar-refractivity contribution < 1.29 is 18.3 Å². The Bertz CT molecular complexity index is 552. The Morgan fingerprint density at radius 3 is 2.74 bits per heavy atom. The third kappa shape index (κ3) is 2.62. The van der Waals surface area contributed by atoms with Crippen LogP contribution in [0.1, 0.15) is 31.7 Å². The van der Waals surface area contributed by atoms with Gasteiger partial charge in [0.15, 0.2) is 9.84 Å². The lowest BCUT2D eigenvalue weighted by atomic mass is 9.91. The van der Waals surface area contributed by atoms with E-state index in [-0.39, 0.29) is 0 Å². The van der Waals surface area contributed by atoms with Crippen molar-refractivity contribution in [2.45, 2.75) is 37.0 Å². The fourth-order valence-corrected chi connectivity index (χ4v) is 4.49. The summed E-state index contributed by atoms with van der Waals surface area (Å²) < 4.78 is 29.3. The molecule has 0 radical (unpaired) electrons. The molecule has 1 saturated carbocycles. The number of ether oxygens (including phenoxy) is 1. The normalized spacial score (nSPS) is 27.4. The Morgan fingerprint density at radius 2 is 2.11 bits per heavy atom. The fraction of sp³-hybridized carbons (Fsp3) is 0.571. The minimum absolute atomic E-state index is 0.453. The predicted octanol–water partition coefficient (Wildman–Crippen LogP) is 1.87. The number of sulfone groups is 1. The first-order chi connectivity index (χ1) is 8.89. The van der Waals surface area contributed by atoms with Gasteiger partial charge in [0.05, 0.1) is 11.9 Å². The highest BCUT2D eigenvalue weighted by atomic mass is 32.2. The van der Waals surface area contributed by atoms with Crippen LogP contribution >= 0.6 is 0 Å². The molecule has 1 aromatic rings. The van der Waals surface area contributed by atoms with Gasteiger partial charge in [-0.1, -0.05) is 18.2 Å². The van der Waals surface area contributed by atoms with Crippen LogP contribution in [0.5, 0.6) is 5.75 Å². The molecule has 19 heavy (non-hydrogen) atoms. The van der Waals surface area contributed by atoms with Crippen LogP contribution in [0.4, 0.5) is 0 Å². The first kappa shape index (κ1) is 14.3. The van der Waals surface area contributed by atoms with E-state index in [4.69, 9.17) is 4.74 Å². The Kier molecular flexibility index (Phi) is 3.87. The summed E-state index contributed by atoms with van der Waals surface area (Å²) in [7, 11) is -3.30. The van der Waals surface area contributed by atoms with Crippen molar-refractivity contribution in [2.24, 2.45) is 0 Å². The molecule has 0 heterocycles. The maximum atomic E-state index is 11.9. The second-order valence-electron chi connectivity index (χ2n) is 5.06. The van der Waals surface area contributed by atoms with E-state index >= 15 is 0 Å². The highest BCUT2D eigenvalue weighted by Gasteiger charge is 2.49. The van der Waals surface area contributed by atoms with Crippen LogP contribution < -0.4 is 4.74 Å². The highest BCUT2D eigenvalue weighted by molar-refractivity contribution is 7.91. The van der Waals surface area contributed by atoms with Crippen molar-refractivity contribution in [3.05, 3.63) is 29.8 Å². The summed E-state index contributed by atoms with van der Waals surface area (Å²) in [4.78, 5) is 0. The number of rotatable bonds is 4. The summed E-state index contributed by atoms with van der Waals surface area (Å²) in [5.74, 6) is 0.572. The Morgan fingerprint density at radius 1 is 1.42 bits per heavy atom. The lowest BCUT2D eigenvalue weighted by Crippen LogP contribution is -2.40. The summed E-state index contributed by atoms with van der Waals surface area (Å²) >= 11 is 0. The van der Waals surface area contributed by atoms with Crippen molar-refractivity contribution in [3.63, 3.8) is 0 Å². The fourth-order valence-electron chi connectivity index (χ4n) is 2.94. The summed E-state index contributed by atoms with van der Waals surface area (Å²) in [5, 5.41) is 10.2. The van der Waals surface area contributed by atoms with Gasteiger partial charge in [0.25, 0.3) is 0 Å². The Labute approximate surface area is 114 Å². The van der Waals surface area contributed by atoms with Gasteiger partial charge in [-0.25, -0.2) is 8.42 Å². The van der Waals surface area contributed by atoms with Crippen molar-refractivity contribution >= 4 is 9.84 Å². The van der Waals surface area contributed by atoms with E-state index in [0.717, 1.165) is 0 Å². The van der Waals surface area contributed by atoms with Crippen molar-refractivity contribution in [3.8, 4) is 5.75 Å². The van der Waals surface area contributed by atoms with Crippen LogP contribution in [0.25, 0.3) is 0 Å². The van der Waals surface area contributed by atoms with Gasteiger partial charge in [-0.05, 0) is 32.3 Å². The molecule has 0 aromatic heterocycles. The van der Waals surface area contributed by atoms with E-state index in [2.05, 4.69) is 0 Å². The van der Waals surface area contributed by atoms with Gasteiger partial charge in [-0.15, -0.1) is 0 Å². The summed E-state index contributed by atoms with van der Waals surface area (Å²) in [6, 6.07) is 7.15. The quantitative estimate of drug-likeness (QED) is 0.917. The second kappa shape index (κ2) is 5.13. The van der Waals surface area contributed by atoms with Crippen molar-refractivity contribution in [1.82, 2.24) is 0 Å². The lowest BCUT2D eigenvalue weighted by Gasteiger charge is -2.30. The van der Waals surface area contributed by atoms with Gasteiger partial charge in [0.2, 0.25) is 0 Å². The average Bonchev–Trinajstić information content (AvgIpc) is 2.73. The third-order valence-electron chi connectivity index (χ3n) is 3.73. The summed E-state index contributed by atoms with van der Waals surface area (Å²) in [6.45, 7) is 2.35. The van der Waals surface area contributed by atoms with Crippen LogP contribution in [-0.2, 0) is 15.4 Å². The van der Waals surface area contributed by atoms with E-state index in [1.54, 1.807) is 18.2 Å². The minimum atomic E-state index is -3.30. The van der Waals surface area contributed by atoms with Gasteiger partial charge in [-0.3, -0.25) is 0 Å². The number of hydrogen-bond acceptors (Lipinski definition) is 4. The molecular weight excluding hydrogens is 264 g/mol. The van der Waals surface area contributed by atoms with Gasteiger partial charge >= 0.3 is 0 Å². The number of benzene rings is 1. The monoisotopic (exact) mass is 284 g/mol. The zero-order valence-corrected chi connectivity index (χ0v) is 12.1. The second-order valence-corrected chi connectivity index (χ2v) is 7.29. The molecule has 0 aliphatic heterocycles. The maximum absolute atomic E-state index is 11.9. The van der Waals surface area contributed by atoms with Crippen LogP contribution in [-0.4, -0.2) is 31.6 Å². The first-order valence-corrected chi connectivity index (χ1v) is 8.48. The highest BCUT2D eigenvalue weighted by Crippen LogP contribution is 2.45. The minimum Gasteiger partial charge on any atom is -0.493 e. The first-order valence-electron chi connectivity index (χ1n) is 6.53.